The lowest BCUT2D eigenvalue weighted by Gasteiger charge is -2.14. The largest absolute Gasteiger partial charge is 0.383 e. The van der Waals surface area contributed by atoms with Gasteiger partial charge >= 0.3 is 0 Å². The Kier molecular flexibility index (Phi) is 4.84. The highest BCUT2D eigenvalue weighted by atomic mass is 32.2. The van der Waals surface area contributed by atoms with Crippen LogP contribution >= 0.6 is 11.8 Å². The highest BCUT2D eigenvalue weighted by Gasteiger charge is 2.00. The molecule has 0 aliphatic rings. The van der Waals surface area contributed by atoms with Gasteiger partial charge in [0, 0.05) is 23.7 Å². The summed E-state index contributed by atoms with van der Waals surface area (Å²) < 4.78 is 5.05. The molecule has 1 aromatic rings. The van der Waals surface area contributed by atoms with Crippen molar-refractivity contribution in [2.45, 2.75) is 17.9 Å². The Morgan fingerprint density at radius 1 is 1.36 bits per heavy atom. The van der Waals surface area contributed by atoms with Crippen molar-refractivity contribution in [3.63, 3.8) is 0 Å². The molecule has 78 valence electrons. The van der Waals surface area contributed by atoms with Gasteiger partial charge in [-0.2, -0.15) is 0 Å². The van der Waals surface area contributed by atoms with E-state index in [2.05, 4.69) is 42.8 Å². The Morgan fingerprint density at radius 3 is 2.50 bits per heavy atom. The molecule has 0 unspecified atom stereocenters. The quantitative estimate of drug-likeness (QED) is 0.757. The van der Waals surface area contributed by atoms with Crippen LogP contribution in [0, 0.1) is 0 Å². The van der Waals surface area contributed by atoms with Gasteiger partial charge in [0.05, 0.1) is 6.61 Å². The van der Waals surface area contributed by atoms with E-state index in [-0.39, 0.29) is 0 Å². The molecule has 0 aliphatic carbocycles. The zero-order chi connectivity index (χ0) is 10.4. The molecule has 0 aliphatic heterocycles. The summed E-state index contributed by atoms with van der Waals surface area (Å²) in [7, 11) is 1.72. The smallest absolute Gasteiger partial charge is 0.0661 e. The van der Waals surface area contributed by atoms with Crippen molar-refractivity contribution in [2.75, 3.05) is 25.3 Å². The monoisotopic (exact) mass is 211 g/mol. The van der Waals surface area contributed by atoms with Crippen LogP contribution in [0.25, 0.3) is 0 Å². The third kappa shape index (κ3) is 3.60. The van der Waals surface area contributed by atoms with Crippen LogP contribution in [0.2, 0.25) is 0 Å². The Hall–Kier alpha value is -0.670. The maximum atomic E-state index is 5.05. The van der Waals surface area contributed by atoms with Crippen LogP contribution in [0.1, 0.15) is 6.92 Å². The van der Waals surface area contributed by atoms with Crippen molar-refractivity contribution in [1.29, 1.82) is 0 Å². The van der Waals surface area contributed by atoms with Gasteiger partial charge in [-0.3, -0.25) is 0 Å². The standard InChI is InChI=1S/C11H17NOS/c1-9(8-13-2)12-10-4-6-11(14-3)7-5-10/h4-7,9,12H,8H2,1-3H3/t9-/m1/s1. The molecule has 0 heterocycles. The number of benzene rings is 1. The average molecular weight is 211 g/mol. The molecule has 0 spiro atoms. The summed E-state index contributed by atoms with van der Waals surface area (Å²) >= 11 is 1.75. The molecule has 0 fully saturated rings. The Balaban J connectivity index is 2.50. The van der Waals surface area contributed by atoms with E-state index in [0.717, 1.165) is 12.3 Å². The summed E-state index contributed by atoms with van der Waals surface area (Å²) in [6, 6.07) is 8.77. The molecule has 2 nitrogen and oxygen atoms in total. The van der Waals surface area contributed by atoms with E-state index < -0.39 is 0 Å². The Labute approximate surface area is 90.0 Å². The molecular formula is C11H17NOS. The first-order valence-corrected chi connectivity index (χ1v) is 5.88. The molecule has 0 saturated heterocycles. The van der Waals surface area contributed by atoms with Crippen LogP contribution in [0.15, 0.2) is 29.2 Å². The van der Waals surface area contributed by atoms with Gasteiger partial charge in [-0.1, -0.05) is 0 Å². The number of ether oxygens (including phenoxy) is 1. The minimum Gasteiger partial charge on any atom is -0.383 e. The zero-order valence-electron chi connectivity index (χ0n) is 8.91. The second kappa shape index (κ2) is 5.94. The van der Waals surface area contributed by atoms with Gasteiger partial charge in [0.25, 0.3) is 0 Å². The molecule has 0 aromatic heterocycles. The van der Waals surface area contributed by atoms with Gasteiger partial charge in [0.1, 0.15) is 0 Å². The van der Waals surface area contributed by atoms with Crippen LogP contribution < -0.4 is 5.32 Å². The van der Waals surface area contributed by atoms with E-state index in [4.69, 9.17) is 4.74 Å². The summed E-state index contributed by atoms with van der Waals surface area (Å²) in [5.74, 6) is 0. The molecule has 14 heavy (non-hydrogen) atoms. The number of nitrogens with one attached hydrogen (secondary N) is 1. The average Bonchev–Trinajstić information content (AvgIpc) is 2.19. The predicted octanol–water partition coefficient (Wildman–Crippen LogP) is 2.86. The number of hydrogen-bond donors (Lipinski definition) is 1. The summed E-state index contributed by atoms with van der Waals surface area (Å²) in [6.07, 6.45) is 2.08. The summed E-state index contributed by atoms with van der Waals surface area (Å²) in [5.41, 5.74) is 1.15. The molecule has 3 heteroatoms. The van der Waals surface area contributed by atoms with Crippen molar-refractivity contribution < 1.29 is 4.74 Å². The molecule has 0 saturated carbocycles. The number of rotatable bonds is 5. The fraction of sp³-hybridized carbons (Fsp3) is 0.455. The van der Waals surface area contributed by atoms with Gasteiger partial charge in [0.2, 0.25) is 0 Å². The minimum atomic E-state index is 0.347. The van der Waals surface area contributed by atoms with Gasteiger partial charge < -0.3 is 10.1 Å². The summed E-state index contributed by atoms with van der Waals surface area (Å²) in [5, 5.41) is 3.36. The highest BCUT2D eigenvalue weighted by molar-refractivity contribution is 7.98. The summed E-state index contributed by atoms with van der Waals surface area (Å²) in [6.45, 7) is 2.83. The fourth-order valence-corrected chi connectivity index (χ4v) is 1.67. The van der Waals surface area contributed by atoms with Crippen molar-refractivity contribution in [3.8, 4) is 0 Å². The van der Waals surface area contributed by atoms with Gasteiger partial charge in [-0.05, 0) is 37.4 Å². The van der Waals surface area contributed by atoms with E-state index in [0.29, 0.717) is 6.04 Å². The Morgan fingerprint density at radius 2 is 2.00 bits per heavy atom. The van der Waals surface area contributed by atoms with E-state index in [9.17, 15) is 0 Å². The molecule has 1 N–H and O–H groups in total. The molecule has 1 atom stereocenters. The van der Waals surface area contributed by atoms with E-state index in [1.165, 1.54) is 4.90 Å². The third-order valence-corrected chi connectivity index (χ3v) is 2.66. The topological polar surface area (TPSA) is 21.3 Å². The van der Waals surface area contributed by atoms with Crippen molar-refractivity contribution in [2.24, 2.45) is 0 Å². The first kappa shape index (κ1) is 11.4. The first-order valence-electron chi connectivity index (χ1n) is 4.65. The summed E-state index contributed by atoms with van der Waals surface area (Å²) in [4.78, 5) is 1.29. The normalized spacial score (nSPS) is 12.5. The maximum absolute atomic E-state index is 5.05. The van der Waals surface area contributed by atoms with Crippen molar-refractivity contribution >= 4 is 17.4 Å². The van der Waals surface area contributed by atoms with Gasteiger partial charge in [-0.25, -0.2) is 0 Å². The second-order valence-electron chi connectivity index (χ2n) is 3.23. The molecule has 0 bridgehead atoms. The molecule has 0 radical (unpaired) electrons. The third-order valence-electron chi connectivity index (χ3n) is 1.92. The van der Waals surface area contributed by atoms with E-state index >= 15 is 0 Å². The van der Waals surface area contributed by atoms with E-state index in [1.807, 2.05) is 0 Å². The molecule has 1 aromatic carbocycles. The van der Waals surface area contributed by atoms with E-state index in [1.54, 1.807) is 18.9 Å². The number of thioether (sulfide) groups is 1. The highest BCUT2D eigenvalue weighted by Crippen LogP contribution is 2.17. The molecule has 0 amide bonds. The fourth-order valence-electron chi connectivity index (χ4n) is 1.26. The van der Waals surface area contributed by atoms with Crippen molar-refractivity contribution in [1.82, 2.24) is 0 Å². The first-order chi connectivity index (χ1) is 6.76. The van der Waals surface area contributed by atoms with Crippen LogP contribution in [0.3, 0.4) is 0 Å². The van der Waals surface area contributed by atoms with Gasteiger partial charge in [0.15, 0.2) is 0 Å². The molecule has 1 rings (SSSR count). The van der Waals surface area contributed by atoms with Crippen LogP contribution in [0.4, 0.5) is 5.69 Å². The van der Waals surface area contributed by atoms with Gasteiger partial charge in [-0.15, -0.1) is 11.8 Å². The lowest BCUT2D eigenvalue weighted by molar-refractivity contribution is 0.190. The second-order valence-corrected chi connectivity index (χ2v) is 4.11. The van der Waals surface area contributed by atoms with Crippen LogP contribution in [-0.2, 0) is 4.74 Å². The Bertz CT molecular complexity index is 260. The number of anilines is 1. The van der Waals surface area contributed by atoms with Crippen LogP contribution in [-0.4, -0.2) is 26.0 Å². The lowest BCUT2D eigenvalue weighted by Crippen LogP contribution is -2.20. The SMILES string of the molecule is COC[C@@H](C)Nc1ccc(SC)cc1. The maximum Gasteiger partial charge on any atom is 0.0661 e. The van der Waals surface area contributed by atoms with Crippen LogP contribution in [0.5, 0.6) is 0 Å². The molecular weight excluding hydrogens is 194 g/mol. The predicted molar refractivity (Wildman–Crippen MR) is 63.2 cm³/mol. The minimum absolute atomic E-state index is 0.347. The lowest BCUT2D eigenvalue weighted by atomic mass is 10.3. The zero-order valence-corrected chi connectivity index (χ0v) is 9.73. The number of hydrogen-bond acceptors (Lipinski definition) is 3. The van der Waals surface area contributed by atoms with Crippen molar-refractivity contribution in [3.05, 3.63) is 24.3 Å². The number of methoxy groups -OCH3 is 1.